The number of nitrogens with one attached hydrogen (secondary N) is 1. The first-order valence-corrected chi connectivity index (χ1v) is 8.25. The van der Waals surface area contributed by atoms with Crippen LogP contribution in [-0.2, 0) is 0 Å². The van der Waals surface area contributed by atoms with Crippen molar-refractivity contribution in [2.24, 2.45) is 0 Å². The van der Waals surface area contributed by atoms with E-state index in [9.17, 15) is 4.79 Å². The van der Waals surface area contributed by atoms with E-state index in [2.05, 4.69) is 5.32 Å². The number of carbonyl (C=O) groups excluding carboxylic acids is 1. The van der Waals surface area contributed by atoms with Gasteiger partial charge in [0, 0.05) is 12.0 Å². The second kappa shape index (κ2) is 6.67. The van der Waals surface area contributed by atoms with Crippen LogP contribution in [0.5, 0.6) is 17.2 Å². The number of ether oxygens (including phenoxy) is 3. The van der Waals surface area contributed by atoms with E-state index in [1.165, 1.54) is 7.11 Å². The number of benzene rings is 2. The van der Waals surface area contributed by atoms with Gasteiger partial charge >= 0.3 is 0 Å². The number of fused-ring (bicyclic) bond motifs is 1. The molecule has 0 radical (unpaired) electrons. The summed E-state index contributed by atoms with van der Waals surface area (Å²) < 4.78 is 16.7. The maximum absolute atomic E-state index is 12.9. The number of carbonyl (C=O) groups is 1. The number of hydrogen-bond acceptors (Lipinski definition) is 4. The summed E-state index contributed by atoms with van der Waals surface area (Å²) in [5, 5.41) is 3.12. The van der Waals surface area contributed by atoms with Gasteiger partial charge in [0.15, 0.2) is 11.5 Å². The summed E-state index contributed by atoms with van der Waals surface area (Å²) in [6, 6.07) is 12.9. The predicted octanol–water partition coefficient (Wildman–Crippen LogP) is 3.74. The molecule has 0 aromatic heterocycles. The molecule has 0 unspecified atom stereocenters. The number of hydrogen-bond donors (Lipinski definition) is 1. The third-order valence-corrected chi connectivity index (χ3v) is 4.33. The molecule has 1 aliphatic heterocycles. The minimum atomic E-state index is -0.356. The van der Waals surface area contributed by atoms with Gasteiger partial charge in [-0.2, -0.15) is 0 Å². The summed E-state index contributed by atoms with van der Waals surface area (Å²) in [5.41, 5.74) is 1.07. The normalized spacial score (nSPS) is 17.8. The molecule has 1 aliphatic rings. The Balaban J connectivity index is 1.91. The highest BCUT2D eigenvalue weighted by Gasteiger charge is 2.34. The summed E-state index contributed by atoms with van der Waals surface area (Å²) >= 11 is 0. The van der Waals surface area contributed by atoms with Gasteiger partial charge in [-0.05, 0) is 32.0 Å². The van der Waals surface area contributed by atoms with Gasteiger partial charge in [-0.15, -0.1) is 0 Å². The molecule has 132 valence electrons. The molecule has 0 saturated heterocycles. The number of methoxy groups -OCH3 is 2. The van der Waals surface area contributed by atoms with Crippen molar-refractivity contribution in [1.29, 1.82) is 0 Å². The zero-order valence-corrected chi connectivity index (χ0v) is 15.0. The Hall–Kier alpha value is -2.69. The molecule has 0 saturated carbocycles. The lowest BCUT2D eigenvalue weighted by Gasteiger charge is -2.37. The largest absolute Gasteiger partial charge is 0.493 e. The molecule has 1 N–H and O–H groups in total. The second-order valence-electron chi connectivity index (χ2n) is 6.67. The Labute approximate surface area is 147 Å². The summed E-state index contributed by atoms with van der Waals surface area (Å²) in [7, 11) is 3.08. The summed E-state index contributed by atoms with van der Waals surface area (Å²) in [6.45, 7) is 4.04. The standard InChI is InChI=1S/C20H23NO4/c1-20(2)12-15(13-8-5-6-10-16(13)25-20)21-19(22)14-9-7-11-17(23-3)18(14)24-4/h5-11,15H,12H2,1-4H3,(H,21,22)/t15-/m0/s1. The van der Waals surface area contributed by atoms with E-state index in [1.54, 1.807) is 25.3 Å². The third kappa shape index (κ3) is 3.40. The molecule has 1 heterocycles. The van der Waals surface area contributed by atoms with E-state index in [0.717, 1.165) is 11.3 Å². The molecule has 5 nitrogen and oxygen atoms in total. The Morgan fingerprint density at radius 3 is 2.60 bits per heavy atom. The van der Waals surface area contributed by atoms with Crippen LogP contribution in [0.15, 0.2) is 42.5 Å². The molecule has 5 heteroatoms. The average molecular weight is 341 g/mol. The van der Waals surface area contributed by atoms with E-state index in [-0.39, 0.29) is 17.6 Å². The molecule has 0 fully saturated rings. The molecule has 3 rings (SSSR count). The van der Waals surface area contributed by atoms with E-state index in [0.29, 0.717) is 23.5 Å². The van der Waals surface area contributed by atoms with Crippen LogP contribution in [0.1, 0.15) is 42.2 Å². The zero-order valence-electron chi connectivity index (χ0n) is 15.0. The van der Waals surface area contributed by atoms with Gasteiger partial charge in [-0.25, -0.2) is 0 Å². The van der Waals surface area contributed by atoms with Crippen molar-refractivity contribution >= 4 is 5.91 Å². The second-order valence-corrected chi connectivity index (χ2v) is 6.67. The van der Waals surface area contributed by atoms with E-state index in [4.69, 9.17) is 14.2 Å². The van der Waals surface area contributed by atoms with Gasteiger partial charge in [0.25, 0.3) is 5.91 Å². The van der Waals surface area contributed by atoms with Crippen LogP contribution in [0.3, 0.4) is 0 Å². The zero-order chi connectivity index (χ0) is 18.0. The predicted molar refractivity (Wildman–Crippen MR) is 95.5 cm³/mol. The van der Waals surface area contributed by atoms with Crippen molar-refractivity contribution < 1.29 is 19.0 Å². The van der Waals surface area contributed by atoms with Gasteiger partial charge in [0.05, 0.1) is 25.8 Å². The van der Waals surface area contributed by atoms with Gasteiger partial charge in [0.2, 0.25) is 0 Å². The summed E-state index contributed by atoms with van der Waals surface area (Å²) in [5.74, 6) is 1.57. The fourth-order valence-electron chi connectivity index (χ4n) is 3.23. The maximum Gasteiger partial charge on any atom is 0.255 e. The molecular formula is C20H23NO4. The molecule has 25 heavy (non-hydrogen) atoms. The van der Waals surface area contributed by atoms with Crippen LogP contribution in [0.4, 0.5) is 0 Å². The highest BCUT2D eigenvalue weighted by Crippen LogP contribution is 2.39. The summed E-state index contributed by atoms with van der Waals surface area (Å²) in [4.78, 5) is 12.9. The first kappa shape index (κ1) is 17.1. The quantitative estimate of drug-likeness (QED) is 0.920. The Morgan fingerprint density at radius 2 is 1.88 bits per heavy atom. The number of amides is 1. The lowest BCUT2D eigenvalue weighted by atomic mass is 9.89. The highest BCUT2D eigenvalue weighted by molar-refractivity contribution is 5.98. The highest BCUT2D eigenvalue weighted by atomic mass is 16.5. The minimum Gasteiger partial charge on any atom is -0.493 e. The van der Waals surface area contributed by atoms with Crippen molar-refractivity contribution in [1.82, 2.24) is 5.32 Å². The number of para-hydroxylation sites is 2. The van der Waals surface area contributed by atoms with Gasteiger partial charge in [-0.3, -0.25) is 4.79 Å². The van der Waals surface area contributed by atoms with Crippen LogP contribution in [0.25, 0.3) is 0 Å². The van der Waals surface area contributed by atoms with Crippen molar-refractivity contribution in [3.05, 3.63) is 53.6 Å². The topological polar surface area (TPSA) is 56.8 Å². The van der Waals surface area contributed by atoms with Crippen molar-refractivity contribution in [2.45, 2.75) is 31.9 Å². The molecule has 0 spiro atoms. The van der Waals surface area contributed by atoms with E-state index < -0.39 is 0 Å². The molecule has 2 aromatic rings. The van der Waals surface area contributed by atoms with Crippen LogP contribution in [0.2, 0.25) is 0 Å². The molecule has 0 aliphatic carbocycles. The van der Waals surface area contributed by atoms with Crippen LogP contribution < -0.4 is 19.5 Å². The van der Waals surface area contributed by atoms with Crippen molar-refractivity contribution in [2.75, 3.05) is 14.2 Å². The summed E-state index contributed by atoms with van der Waals surface area (Å²) in [6.07, 6.45) is 0.683. The molecule has 0 bridgehead atoms. The SMILES string of the molecule is COc1cccc(C(=O)N[C@H]2CC(C)(C)Oc3ccccc32)c1OC. The van der Waals surface area contributed by atoms with Crippen LogP contribution in [0, 0.1) is 0 Å². The Morgan fingerprint density at radius 1 is 1.12 bits per heavy atom. The first-order valence-electron chi connectivity index (χ1n) is 8.25. The fourth-order valence-corrected chi connectivity index (χ4v) is 3.23. The maximum atomic E-state index is 12.9. The molecule has 1 amide bonds. The fraction of sp³-hybridized carbons (Fsp3) is 0.350. The van der Waals surface area contributed by atoms with E-state index in [1.807, 2.05) is 38.1 Å². The molecule has 1 atom stereocenters. The van der Waals surface area contributed by atoms with Gasteiger partial charge in [0.1, 0.15) is 11.4 Å². The number of rotatable bonds is 4. The van der Waals surface area contributed by atoms with Gasteiger partial charge in [-0.1, -0.05) is 24.3 Å². The lowest BCUT2D eigenvalue weighted by molar-refractivity contribution is 0.0619. The molecular weight excluding hydrogens is 318 g/mol. The van der Waals surface area contributed by atoms with E-state index >= 15 is 0 Å². The average Bonchev–Trinajstić information content (AvgIpc) is 2.59. The Kier molecular flexibility index (Phi) is 4.57. The monoisotopic (exact) mass is 341 g/mol. The first-order chi connectivity index (χ1) is 11.9. The van der Waals surface area contributed by atoms with Crippen molar-refractivity contribution in [3.8, 4) is 17.2 Å². The van der Waals surface area contributed by atoms with Crippen molar-refractivity contribution in [3.63, 3.8) is 0 Å². The lowest BCUT2D eigenvalue weighted by Crippen LogP contribution is -2.41. The minimum absolute atomic E-state index is 0.136. The van der Waals surface area contributed by atoms with Crippen LogP contribution in [-0.4, -0.2) is 25.7 Å². The third-order valence-electron chi connectivity index (χ3n) is 4.33. The Bertz CT molecular complexity index is 785. The smallest absolute Gasteiger partial charge is 0.255 e. The van der Waals surface area contributed by atoms with Gasteiger partial charge < -0.3 is 19.5 Å². The van der Waals surface area contributed by atoms with Crippen LogP contribution >= 0.6 is 0 Å². The molecule has 2 aromatic carbocycles.